The number of hydrogen-bond donors (Lipinski definition) is 1. The first kappa shape index (κ1) is 18.4. The molecule has 3 aromatic rings. The van der Waals surface area contributed by atoms with Crippen LogP contribution in [0, 0.1) is 0 Å². The van der Waals surface area contributed by atoms with Crippen molar-refractivity contribution < 1.29 is 13.9 Å². The number of nitrogens with zero attached hydrogens (tertiary/aromatic N) is 3. The second-order valence-corrected chi connectivity index (χ2v) is 7.29. The quantitative estimate of drug-likeness (QED) is 0.688. The first-order chi connectivity index (χ1) is 13.7. The van der Waals surface area contributed by atoms with Gasteiger partial charge in [-0.05, 0) is 36.4 Å². The van der Waals surface area contributed by atoms with Crippen molar-refractivity contribution in [1.29, 1.82) is 0 Å². The predicted molar refractivity (Wildman–Crippen MR) is 109 cm³/mol. The van der Waals surface area contributed by atoms with Crippen LogP contribution in [0.2, 0.25) is 0 Å². The monoisotopic (exact) mass is 398 g/mol. The molecule has 8 heteroatoms. The van der Waals surface area contributed by atoms with E-state index in [2.05, 4.69) is 32.2 Å². The molecule has 1 aliphatic rings. The van der Waals surface area contributed by atoms with Gasteiger partial charge in [-0.2, -0.15) is 0 Å². The van der Waals surface area contributed by atoms with E-state index in [0.29, 0.717) is 12.2 Å². The molecule has 3 heterocycles. The van der Waals surface area contributed by atoms with E-state index in [9.17, 15) is 4.79 Å². The Kier molecular flexibility index (Phi) is 5.48. The van der Waals surface area contributed by atoms with Crippen molar-refractivity contribution in [1.82, 2.24) is 10.3 Å². The topological polar surface area (TPSA) is 70.8 Å². The molecule has 1 fully saturated rings. The number of carbonyl (C=O) groups is 1. The Bertz CT molecular complexity index is 900. The third-order valence-corrected chi connectivity index (χ3v) is 5.62. The largest absolute Gasteiger partial charge is 0.497 e. The Morgan fingerprint density at radius 2 is 1.93 bits per heavy atom. The van der Waals surface area contributed by atoms with E-state index in [-0.39, 0.29) is 5.91 Å². The number of methoxy groups -OCH3 is 1. The number of rotatable bonds is 6. The van der Waals surface area contributed by atoms with Gasteiger partial charge in [-0.15, -0.1) is 11.3 Å². The molecule has 2 aromatic heterocycles. The Morgan fingerprint density at radius 3 is 2.61 bits per heavy atom. The molecule has 28 heavy (non-hydrogen) atoms. The van der Waals surface area contributed by atoms with E-state index in [1.165, 1.54) is 17.0 Å². The SMILES string of the molecule is COc1ccc(N2CCN(c3nc(C(=O)NCc4ccco4)cs3)CC2)cc1. The van der Waals surface area contributed by atoms with E-state index in [4.69, 9.17) is 9.15 Å². The normalized spacial score (nSPS) is 14.2. The van der Waals surface area contributed by atoms with Gasteiger partial charge in [0.25, 0.3) is 5.91 Å². The summed E-state index contributed by atoms with van der Waals surface area (Å²) in [6.07, 6.45) is 1.59. The van der Waals surface area contributed by atoms with Crippen LogP contribution in [0.1, 0.15) is 16.2 Å². The Balaban J connectivity index is 1.31. The second-order valence-electron chi connectivity index (χ2n) is 6.45. The highest BCUT2D eigenvalue weighted by Gasteiger charge is 2.21. The van der Waals surface area contributed by atoms with Gasteiger partial charge in [-0.1, -0.05) is 0 Å². The molecule has 1 saturated heterocycles. The van der Waals surface area contributed by atoms with Crippen LogP contribution in [-0.4, -0.2) is 44.2 Å². The van der Waals surface area contributed by atoms with Crippen LogP contribution in [-0.2, 0) is 6.54 Å². The average molecular weight is 398 g/mol. The van der Waals surface area contributed by atoms with E-state index >= 15 is 0 Å². The number of amides is 1. The minimum absolute atomic E-state index is 0.184. The zero-order valence-electron chi connectivity index (χ0n) is 15.6. The van der Waals surface area contributed by atoms with Gasteiger partial charge in [0.05, 0.1) is 19.9 Å². The lowest BCUT2D eigenvalue weighted by Gasteiger charge is -2.36. The molecule has 1 N–H and O–H groups in total. The molecule has 0 aliphatic carbocycles. The maximum absolute atomic E-state index is 12.3. The number of benzene rings is 1. The van der Waals surface area contributed by atoms with Gasteiger partial charge in [-0.3, -0.25) is 4.79 Å². The van der Waals surface area contributed by atoms with Gasteiger partial charge in [0.15, 0.2) is 5.13 Å². The number of ether oxygens (including phenoxy) is 1. The van der Waals surface area contributed by atoms with Gasteiger partial charge >= 0.3 is 0 Å². The zero-order valence-corrected chi connectivity index (χ0v) is 16.4. The van der Waals surface area contributed by atoms with E-state index < -0.39 is 0 Å². The molecule has 0 unspecified atom stereocenters. The summed E-state index contributed by atoms with van der Waals surface area (Å²) in [5.41, 5.74) is 1.64. The molecule has 0 bridgehead atoms. The molecule has 0 atom stereocenters. The van der Waals surface area contributed by atoms with Crippen molar-refractivity contribution >= 4 is 28.1 Å². The van der Waals surface area contributed by atoms with Crippen molar-refractivity contribution in [2.45, 2.75) is 6.54 Å². The number of aromatic nitrogens is 1. The molecular formula is C20H22N4O3S. The molecule has 4 rings (SSSR count). The number of hydrogen-bond acceptors (Lipinski definition) is 7. The third kappa shape index (κ3) is 4.12. The Labute approximate surface area is 167 Å². The van der Waals surface area contributed by atoms with Gasteiger partial charge in [0.1, 0.15) is 17.2 Å². The summed E-state index contributed by atoms with van der Waals surface area (Å²) < 4.78 is 10.4. The Morgan fingerprint density at radius 1 is 1.18 bits per heavy atom. The van der Waals surface area contributed by atoms with E-state index in [0.717, 1.165) is 42.8 Å². The molecule has 0 radical (unpaired) electrons. The van der Waals surface area contributed by atoms with E-state index in [1.807, 2.05) is 23.6 Å². The summed E-state index contributed by atoms with van der Waals surface area (Å²) in [5, 5.41) is 5.52. The molecule has 1 aromatic carbocycles. The van der Waals surface area contributed by atoms with Crippen LogP contribution in [0.3, 0.4) is 0 Å². The fraction of sp³-hybridized carbons (Fsp3) is 0.300. The number of anilines is 2. The standard InChI is InChI=1S/C20H22N4O3S/c1-26-16-6-4-15(5-7-16)23-8-10-24(11-9-23)20-22-18(14-28-20)19(25)21-13-17-3-2-12-27-17/h2-7,12,14H,8-11,13H2,1H3,(H,21,25). The van der Waals surface area contributed by atoms with Gasteiger partial charge in [0.2, 0.25) is 0 Å². The fourth-order valence-electron chi connectivity index (χ4n) is 3.13. The number of nitrogens with one attached hydrogen (secondary N) is 1. The summed E-state index contributed by atoms with van der Waals surface area (Å²) in [5.74, 6) is 1.40. The molecule has 1 amide bonds. The minimum Gasteiger partial charge on any atom is -0.497 e. The summed E-state index contributed by atoms with van der Waals surface area (Å²) in [4.78, 5) is 21.4. The first-order valence-corrected chi connectivity index (χ1v) is 10.0. The molecule has 146 valence electrons. The average Bonchev–Trinajstić information content (AvgIpc) is 3.44. The van der Waals surface area contributed by atoms with Crippen molar-refractivity contribution in [3.8, 4) is 5.75 Å². The van der Waals surface area contributed by atoms with Crippen LogP contribution in [0.4, 0.5) is 10.8 Å². The van der Waals surface area contributed by atoms with Crippen molar-refractivity contribution in [2.24, 2.45) is 0 Å². The molecule has 7 nitrogen and oxygen atoms in total. The predicted octanol–water partition coefficient (Wildman–Crippen LogP) is 3.00. The van der Waals surface area contributed by atoms with Crippen LogP contribution >= 0.6 is 11.3 Å². The lowest BCUT2D eigenvalue weighted by molar-refractivity contribution is 0.0944. The molecular weight excluding hydrogens is 376 g/mol. The summed E-state index contributed by atoms with van der Waals surface area (Å²) in [7, 11) is 1.67. The summed E-state index contributed by atoms with van der Waals surface area (Å²) >= 11 is 1.51. The summed E-state index contributed by atoms with van der Waals surface area (Å²) in [6, 6.07) is 11.8. The first-order valence-electron chi connectivity index (χ1n) is 9.13. The number of piperazine rings is 1. The number of carbonyl (C=O) groups excluding carboxylic acids is 1. The van der Waals surface area contributed by atoms with Crippen LogP contribution in [0.5, 0.6) is 5.75 Å². The highest BCUT2D eigenvalue weighted by atomic mass is 32.1. The maximum atomic E-state index is 12.3. The van der Waals surface area contributed by atoms with Crippen molar-refractivity contribution in [2.75, 3.05) is 43.1 Å². The van der Waals surface area contributed by atoms with Crippen LogP contribution < -0.4 is 19.9 Å². The van der Waals surface area contributed by atoms with Crippen molar-refractivity contribution in [3.63, 3.8) is 0 Å². The number of thiazole rings is 1. The van der Waals surface area contributed by atoms with E-state index in [1.54, 1.807) is 19.4 Å². The van der Waals surface area contributed by atoms with Gasteiger partial charge < -0.3 is 24.3 Å². The molecule has 0 spiro atoms. The lowest BCUT2D eigenvalue weighted by Crippen LogP contribution is -2.46. The van der Waals surface area contributed by atoms with Gasteiger partial charge in [-0.25, -0.2) is 4.98 Å². The second kappa shape index (κ2) is 8.35. The number of furan rings is 1. The Hall–Kier alpha value is -3.00. The van der Waals surface area contributed by atoms with Crippen LogP contribution in [0.25, 0.3) is 0 Å². The zero-order chi connectivity index (χ0) is 19.3. The lowest BCUT2D eigenvalue weighted by atomic mass is 10.2. The fourth-order valence-corrected chi connectivity index (χ4v) is 3.99. The molecule has 1 aliphatic heterocycles. The smallest absolute Gasteiger partial charge is 0.271 e. The van der Waals surface area contributed by atoms with Crippen LogP contribution in [0.15, 0.2) is 52.5 Å². The third-order valence-electron chi connectivity index (χ3n) is 4.72. The maximum Gasteiger partial charge on any atom is 0.271 e. The minimum atomic E-state index is -0.184. The highest BCUT2D eigenvalue weighted by Crippen LogP contribution is 2.25. The highest BCUT2D eigenvalue weighted by molar-refractivity contribution is 7.13. The van der Waals surface area contributed by atoms with Gasteiger partial charge in [0, 0.05) is 37.2 Å². The van der Waals surface area contributed by atoms with Crippen molar-refractivity contribution in [3.05, 3.63) is 59.5 Å². The summed E-state index contributed by atoms with van der Waals surface area (Å²) in [6.45, 7) is 3.91. The molecule has 0 saturated carbocycles.